The van der Waals surface area contributed by atoms with Gasteiger partial charge in [0.15, 0.2) is 0 Å². The van der Waals surface area contributed by atoms with Crippen molar-refractivity contribution < 1.29 is 4.79 Å². The maximum atomic E-state index is 12.4. The molecule has 1 amide bonds. The lowest BCUT2D eigenvalue weighted by Crippen LogP contribution is -2.49. The molecule has 1 aliphatic heterocycles. The van der Waals surface area contributed by atoms with Gasteiger partial charge in [-0.05, 0) is 25.1 Å². The van der Waals surface area contributed by atoms with Crippen LogP contribution < -0.4 is 4.90 Å². The number of carbonyl (C=O) groups is 1. The number of piperazine rings is 1. The minimum absolute atomic E-state index is 0.00629. The van der Waals surface area contributed by atoms with Crippen LogP contribution in [-0.4, -0.2) is 47.0 Å². The Morgan fingerprint density at radius 3 is 2.43 bits per heavy atom. The lowest BCUT2D eigenvalue weighted by atomic mass is 10.2. The van der Waals surface area contributed by atoms with Crippen LogP contribution in [0.4, 0.5) is 5.69 Å². The lowest BCUT2D eigenvalue weighted by molar-refractivity contribution is 0.0740. The van der Waals surface area contributed by atoms with Gasteiger partial charge in [-0.15, -0.1) is 0 Å². The van der Waals surface area contributed by atoms with Crippen molar-refractivity contribution in [3.05, 3.63) is 54.1 Å². The van der Waals surface area contributed by atoms with Crippen LogP contribution in [0.2, 0.25) is 0 Å². The Bertz CT molecular complexity index is 621. The number of aryl methyl sites for hydroxylation is 1. The molecule has 1 aromatic heterocycles. The van der Waals surface area contributed by atoms with Crippen molar-refractivity contribution in [2.75, 3.05) is 31.1 Å². The van der Waals surface area contributed by atoms with E-state index in [4.69, 9.17) is 0 Å². The molecule has 0 saturated carbocycles. The first kappa shape index (κ1) is 13.5. The minimum Gasteiger partial charge on any atom is -0.368 e. The monoisotopic (exact) mass is 282 g/mol. The first-order valence-corrected chi connectivity index (χ1v) is 7.12. The van der Waals surface area contributed by atoms with E-state index in [1.165, 1.54) is 12.0 Å². The molecule has 0 bridgehead atoms. The van der Waals surface area contributed by atoms with Crippen molar-refractivity contribution in [3.8, 4) is 0 Å². The van der Waals surface area contributed by atoms with E-state index < -0.39 is 0 Å². The number of amides is 1. The van der Waals surface area contributed by atoms with Crippen LogP contribution in [0.1, 0.15) is 16.2 Å². The van der Waals surface area contributed by atoms with Crippen molar-refractivity contribution in [1.29, 1.82) is 0 Å². The number of hydrogen-bond acceptors (Lipinski definition) is 4. The highest BCUT2D eigenvalue weighted by atomic mass is 16.2. The van der Waals surface area contributed by atoms with E-state index in [1.54, 1.807) is 6.07 Å². The SMILES string of the molecule is Cc1cc(C(=O)N2CCN(c3ccccc3)CC2)ncn1. The van der Waals surface area contributed by atoms with Gasteiger partial charge in [-0.2, -0.15) is 0 Å². The van der Waals surface area contributed by atoms with Crippen LogP contribution >= 0.6 is 0 Å². The van der Waals surface area contributed by atoms with Gasteiger partial charge in [-0.1, -0.05) is 18.2 Å². The molecule has 5 heteroatoms. The summed E-state index contributed by atoms with van der Waals surface area (Å²) < 4.78 is 0. The molecule has 3 rings (SSSR count). The Balaban J connectivity index is 1.64. The van der Waals surface area contributed by atoms with Gasteiger partial charge in [0.25, 0.3) is 5.91 Å². The summed E-state index contributed by atoms with van der Waals surface area (Å²) in [5, 5.41) is 0. The molecular weight excluding hydrogens is 264 g/mol. The second-order valence-electron chi connectivity index (χ2n) is 5.16. The minimum atomic E-state index is -0.00629. The molecule has 0 atom stereocenters. The number of carbonyl (C=O) groups excluding carboxylic acids is 1. The smallest absolute Gasteiger partial charge is 0.272 e. The molecule has 1 fully saturated rings. The topological polar surface area (TPSA) is 49.3 Å². The first-order chi connectivity index (χ1) is 10.2. The number of rotatable bonds is 2. The summed E-state index contributed by atoms with van der Waals surface area (Å²) in [7, 11) is 0. The van der Waals surface area contributed by atoms with E-state index in [9.17, 15) is 4.79 Å². The van der Waals surface area contributed by atoms with Crippen LogP contribution in [-0.2, 0) is 0 Å². The third-order valence-electron chi connectivity index (χ3n) is 3.71. The Morgan fingerprint density at radius 1 is 1.05 bits per heavy atom. The molecule has 0 N–H and O–H groups in total. The zero-order valence-electron chi connectivity index (χ0n) is 12.1. The highest BCUT2D eigenvalue weighted by molar-refractivity contribution is 5.92. The van der Waals surface area contributed by atoms with Gasteiger partial charge in [0, 0.05) is 37.6 Å². The zero-order chi connectivity index (χ0) is 14.7. The predicted octanol–water partition coefficient (Wildman–Crippen LogP) is 1.75. The number of para-hydroxylation sites is 1. The molecule has 0 aliphatic carbocycles. The summed E-state index contributed by atoms with van der Waals surface area (Å²) in [6.45, 7) is 5.00. The third kappa shape index (κ3) is 3.02. The standard InChI is InChI=1S/C16H18N4O/c1-13-11-15(18-12-17-13)16(21)20-9-7-19(8-10-20)14-5-3-2-4-6-14/h2-6,11-12H,7-10H2,1H3. The predicted molar refractivity (Wildman–Crippen MR) is 81.3 cm³/mol. The van der Waals surface area contributed by atoms with Crippen molar-refractivity contribution in [3.63, 3.8) is 0 Å². The lowest BCUT2D eigenvalue weighted by Gasteiger charge is -2.36. The van der Waals surface area contributed by atoms with Gasteiger partial charge in [0.05, 0.1) is 0 Å². The van der Waals surface area contributed by atoms with E-state index >= 15 is 0 Å². The molecule has 1 saturated heterocycles. The van der Waals surface area contributed by atoms with Crippen molar-refractivity contribution in [2.45, 2.75) is 6.92 Å². The van der Waals surface area contributed by atoms with Crippen LogP contribution in [0.3, 0.4) is 0 Å². The van der Waals surface area contributed by atoms with Crippen LogP contribution in [0.25, 0.3) is 0 Å². The fourth-order valence-corrected chi connectivity index (χ4v) is 2.54. The summed E-state index contributed by atoms with van der Waals surface area (Å²) in [5.74, 6) is -0.00629. The summed E-state index contributed by atoms with van der Waals surface area (Å²) in [5.41, 5.74) is 2.51. The van der Waals surface area contributed by atoms with E-state index in [2.05, 4.69) is 27.0 Å². The van der Waals surface area contributed by atoms with Gasteiger partial charge in [-0.25, -0.2) is 9.97 Å². The number of hydrogen-bond donors (Lipinski definition) is 0. The van der Waals surface area contributed by atoms with E-state index in [1.807, 2.05) is 30.0 Å². The summed E-state index contributed by atoms with van der Waals surface area (Å²) in [6.07, 6.45) is 1.45. The number of anilines is 1. The van der Waals surface area contributed by atoms with Crippen LogP contribution in [0.5, 0.6) is 0 Å². The highest BCUT2D eigenvalue weighted by Gasteiger charge is 2.23. The maximum Gasteiger partial charge on any atom is 0.272 e. The summed E-state index contributed by atoms with van der Waals surface area (Å²) in [6, 6.07) is 12.0. The largest absolute Gasteiger partial charge is 0.368 e. The Hall–Kier alpha value is -2.43. The van der Waals surface area contributed by atoms with Gasteiger partial charge in [0.1, 0.15) is 12.0 Å². The van der Waals surface area contributed by atoms with Crippen molar-refractivity contribution in [1.82, 2.24) is 14.9 Å². The van der Waals surface area contributed by atoms with E-state index in [-0.39, 0.29) is 5.91 Å². The zero-order valence-corrected chi connectivity index (χ0v) is 12.1. The molecule has 21 heavy (non-hydrogen) atoms. The quantitative estimate of drug-likeness (QED) is 0.842. The fraction of sp³-hybridized carbons (Fsp3) is 0.312. The van der Waals surface area contributed by atoms with Crippen molar-refractivity contribution >= 4 is 11.6 Å². The fourth-order valence-electron chi connectivity index (χ4n) is 2.54. The average Bonchev–Trinajstić information content (AvgIpc) is 2.55. The molecule has 2 aromatic rings. The van der Waals surface area contributed by atoms with Crippen LogP contribution in [0, 0.1) is 6.92 Å². The molecule has 1 aromatic carbocycles. The Morgan fingerprint density at radius 2 is 1.76 bits per heavy atom. The molecule has 108 valence electrons. The van der Waals surface area contributed by atoms with E-state index in [0.717, 1.165) is 31.9 Å². The van der Waals surface area contributed by atoms with Crippen LogP contribution in [0.15, 0.2) is 42.7 Å². The molecular formula is C16H18N4O. The van der Waals surface area contributed by atoms with Gasteiger partial charge >= 0.3 is 0 Å². The van der Waals surface area contributed by atoms with Gasteiger partial charge < -0.3 is 9.80 Å². The Kier molecular flexibility index (Phi) is 3.81. The maximum absolute atomic E-state index is 12.4. The molecule has 0 radical (unpaired) electrons. The summed E-state index contributed by atoms with van der Waals surface area (Å²) >= 11 is 0. The second kappa shape index (κ2) is 5.91. The van der Waals surface area contributed by atoms with E-state index in [0.29, 0.717) is 5.69 Å². The number of aromatic nitrogens is 2. The Labute approximate surface area is 124 Å². The van der Waals surface area contributed by atoms with Gasteiger partial charge in [0.2, 0.25) is 0 Å². The molecule has 2 heterocycles. The molecule has 0 unspecified atom stereocenters. The molecule has 5 nitrogen and oxygen atoms in total. The normalized spacial score (nSPS) is 15.1. The number of nitrogens with zero attached hydrogens (tertiary/aromatic N) is 4. The third-order valence-corrected chi connectivity index (χ3v) is 3.71. The number of benzene rings is 1. The summed E-state index contributed by atoms with van der Waals surface area (Å²) in [4.78, 5) is 24.7. The van der Waals surface area contributed by atoms with Gasteiger partial charge in [-0.3, -0.25) is 4.79 Å². The first-order valence-electron chi connectivity index (χ1n) is 7.12. The highest BCUT2D eigenvalue weighted by Crippen LogP contribution is 2.16. The molecule has 0 spiro atoms. The second-order valence-corrected chi connectivity index (χ2v) is 5.16. The molecule has 1 aliphatic rings. The van der Waals surface area contributed by atoms with Crippen molar-refractivity contribution in [2.24, 2.45) is 0 Å². The average molecular weight is 282 g/mol.